The summed E-state index contributed by atoms with van der Waals surface area (Å²) in [7, 11) is 1.66. The van der Waals surface area contributed by atoms with Crippen molar-refractivity contribution in [2.75, 3.05) is 32.1 Å². The van der Waals surface area contributed by atoms with E-state index >= 15 is 0 Å². The summed E-state index contributed by atoms with van der Waals surface area (Å²) >= 11 is 0. The predicted octanol–water partition coefficient (Wildman–Crippen LogP) is 3.26. The molecule has 28 heavy (non-hydrogen) atoms. The topological polar surface area (TPSA) is 67.7 Å². The molecule has 1 fully saturated rings. The number of anilines is 1. The highest BCUT2D eigenvalue weighted by Gasteiger charge is 2.39. The summed E-state index contributed by atoms with van der Waals surface area (Å²) in [6.45, 7) is 4.17. The first-order valence-electron chi connectivity index (χ1n) is 9.67. The molecule has 3 aromatic rings. The number of fused-ring (bicyclic) bond motifs is 1. The number of nitrogens with zero attached hydrogens (tertiary/aromatic N) is 2. The van der Waals surface area contributed by atoms with E-state index in [2.05, 4.69) is 23.6 Å². The van der Waals surface area contributed by atoms with Crippen molar-refractivity contribution in [3.05, 3.63) is 54.4 Å². The molecule has 2 N–H and O–H groups in total. The lowest BCUT2D eigenvalue weighted by Gasteiger charge is -2.35. The van der Waals surface area contributed by atoms with Crippen molar-refractivity contribution < 1.29 is 9.53 Å². The number of hydrogen-bond acceptors (Lipinski definition) is 4. The van der Waals surface area contributed by atoms with E-state index in [1.807, 2.05) is 47.1 Å². The van der Waals surface area contributed by atoms with Gasteiger partial charge in [0.1, 0.15) is 5.65 Å². The second kappa shape index (κ2) is 7.73. The summed E-state index contributed by atoms with van der Waals surface area (Å²) < 4.78 is 7.39. The molecule has 0 radical (unpaired) electrons. The molecule has 6 nitrogen and oxygen atoms in total. The third kappa shape index (κ3) is 3.53. The van der Waals surface area contributed by atoms with Crippen LogP contribution in [0.3, 0.4) is 0 Å². The molecule has 3 heterocycles. The number of carbonyl (C=O) groups excluding carboxylic acids is 1. The summed E-state index contributed by atoms with van der Waals surface area (Å²) in [4.78, 5) is 17.7. The number of rotatable bonds is 5. The van der Waals surface area contributed by atoms with Crippen LogP contribution in [0.25, 0.3) is 16.9 Å². The normalized spacial score (nSPS) is 16.2. The van der Waals surface area contributed by atoms with Gasteiger partial charge in [-0.1, -0.05) is 18.2 Å². The number of hydrogen-bond donors (Lipinski definition) is 2. The number of carbonyl (C=O) groups is 1. The number of aromatic nitrogens is 2. The Labute approximate surface area is 164 Å². The minimum atomic E-state index is -0.461. The van der Waals surface area contributed by atoms with Gasteiger partial charge in [-0.3, -0.25) is 4.79 Å². The number of methoxy groups -OCH3 is 1. The molecule has 0 aliphatic carbocycles. The highest BCUT2D eigenvalue weighted by atomic mass is 16.5. The summed E-state index contributed by atoms with van der Waals surface area (Å²) in [5.74, 6) is 0.0342. The minimum Gasteiger partial charge on any atom is -0.384 e. The van der Waals surface area contributed by atoms with Gasteiger partial charge >= 0.3 is 0 Å². The summed E-state index contributed by atoms with van der Waals surface area (Å²) in [6.07, 6.45) is 5.59. The summed E-state index contributed by atoms with van der Waals surface area (Å²) in [5, 5.41) is 6.39. The quantitative estimate of drug-likeness (QED) is 0.715. The molecule has 1 aromatic carbocycles. The Morgan fingerprint density at radius 1 is 1.25 bits per heavy atom. The lowest BCUT2D eigenvalue weighted by Crippen LogP contribution is -2.47. The average molecular weight is 378 g/mol. The number of nitrogens with one attached hydrogen (secondary N) is 2. The fourth-order valence-corrected chi connectivity index (χ4v) is 3.90. The minimum absolute atomic E-state index is 0.0342. The predicted molar refractivity (Wildman–Crippen MR) is 110 cm³/mol. The zero-order valence-corrected chi connectivity index (χ0v) is 16.4. The van der Waals surface area contributed by atoms with E-state index in [9.17, 15) is 4.79 Å². The van der Waals surface area contributed by atoms with Gasteiger partial charge in [-0.15, -0.1) is 0 Å². The van der Waals surface area contributed by atoms with Crippen LogP contribution in [0.15, 0.2) is 48.8 Å². The maximum atomic E-state index is 13.0. The van der Waals surface area contributed by atoms with E-state index in [4.69, 9.17) is 9.72 Å². The molecule has 0 atom stereocenters. The van der Waals surface area contributed by atoms with E-state index in [-0.39, 0.29) is 5.91 Å². The van der Waals surface area contributed by atoms with Gasteiger partial charge in [-0.25, -0.2) is 4.98 Å². The van der Waals surface area contributed by atoms with Crippen molar-refractivity contribution in [3.8, 4) is 11.3 Å². The Hall–Kier alpha value is -2.70. The van der Waals surface area contributed by atoms with Crippen LogP contribution in [-0.4, -0.2) is 42.1 Å². The van der Waals surface area contributed by atoms with E-state index < -0.39 is 5.41 Å². The molecule has 1 saturated heterocycles. The highest BCUT2D eigenvalue weighted by Crippen LogP contribution is 2.31. The van der Waals surface area contributed by atoms with Crippen LogP contribution >= 0.6 is 0 Å². The van der Waals surface area contributed by atoms with Crippen molar-refractivity contribution in [1.82, 2.24) is 14.7 Å². The van der Waals surface area contributed by atoms with E-state index in [1.165, 1.54) is 0 Å². The molecular formula is C22H26N4O2. The second-order valence-corrected chi connectivity index (χ2v) is 7.54. The van der Waals surface area contributed by atoms with Gasteiger partial charge in [0.05, 0.1) is 17.7 Å². The smallest absolute Gasteiger partial charge is 0.233 e. The van der Waals surface area contributed by atoms with Crippen LogP contribution in [0.5, 0.6) is 0 Å². The summed E-state index contributed by atoms with van der Waals surface area (Å²) in [6, 6.07) is 11.9. The van der Waals surface area contributed by atoms with Gasteiger partial charge in [0.25, 0.3) is 0 Å². The lowest BCUT2D eigenvalue weighted by molar-refractivity contribution is -0.130. The lowest BCUT2D eigenvalue weighted by atomic mass is 9.78. The van der Waals surface area contributed by atoms with Crippen LogP contribution in [0.1, 0.15) is 18.4 Å². The third-order valence-corrected chi connectivity index (χ3v) is 5.58. The molecule has 1 amide bonds. The van der Waals surface area contributed by atoms with Crippen LogP contribution in [0.2, 0.25) is 0 Å². The standard InChI is InChI=1S/C22H26N4O2/c1-16-4-3-13-26-14-19(25-20(16)26)17-5-7-18(8-6-17)24-21(27)22(15-28-2)9-11-23-12-10-22/h3-8,13-14,23H,9-12,15H2,1-2H3,(H,24,27). The first kappa shape index (κ1) is 18.7. The number of amides is 1. The van der Waals surface area contributed by atoms with Crippen LogP contribution in [0.4, 0.5) is 5.69 Å². The van der Waals surface area contributed by atoms with Crippen molar-refractivity contribution >= 4 is 17.2 Å². The first-order chi connectivity index (χ1) is 13.6. The Morgan fingerprint density at radius 2 is 2.00 bits per heavy atom. The van der Waals surface area contributed by atoms with Gasteiger partial charge < -0.3 is 19.8 Å². The number of benzene rings is 1. The van der Waals surface area contributed by atoms with E-state index in [0.29, 0.717) is 6.61 Å². The molecule has 1 aliphatic rings. The molecule has 0 unspecified atom stereocenters. The molecule has 1 aliphatic heterocycles. The van der Waals surface area contributed by atoms with Crippen molar-refractivity contribution in [2.24, 2.45) is 5.41 Å². The Balaban J connectivity index is 1.52. The van der Waals surface area contributed by atoms with Gasteiger partial charge in [-0.05, 0) is 56.6 Å². The molecule has 6 heteroatoms. The maximum Gasteiger partial charge on any atom is 0.233 e. The highest BCUT2D eigenvalue weighted by molar-refractivity contribution is 5.95. The number of piperidine rings is 1. The largest absolute Gasteiger partial charge is 0.384 e. The molecule has 0 saturated carbocycles. The number of aryl methyl sites for hydroxylation is 1. The molecular weight excluding hydrogens is 352 g/mol. The number of ether oxygens (including phenoxy) is 1. The van der Waals surface area contributed by atoms with Crippen molar-refractivity contribution in [1.29, 1.82) is 0 Å². The van der Waals surface area contributed by atoms with Crippen LogP contribution < -0.4 is 10.6 Å². The first-order valence-corrected chi connectivity index (χ1v) is 9.67. The third-order valence-electron chi connectivity index (χ3n) is 5.58. The molecule has 4 rings (SSSR count). The Morgan fingerprint density at radius 3 is 2.68 bits per heavy atom. The van der Waals surface area contributed by atoms with E-state index in [0.717, 1.165) is 54.1 Å². The second-order valence-electron chi connectivity index (χ2n) is 7.54. The molecule has 0 spiro atoms. The fourth-order valence-electron chi connectivity index (χ4n) is 3.90. The van der Waals surface area contributed by atoms with Crippen LogP contribution in [-0.2, 0) is 9.53 Å². The zero-order chi connectivity index (χ0) is 19.6. The van der Waals surface area contributed by atoms with Gasteiger partial charge in [0, 0.05) is 30.8 Å². The monoisotopic (exact) mass is 378 g/mol. The van der Waals surface area contributed by atoms with Crippen molar-refractivity contribution in [2.45, 2.75) is 19.8 Å². The average Bonchev–Trinajstić information content (AvgIpc) is 3.15. The maximum absolute atomic E-state index is 13.0. The summed E-state index contributed by atoms with van der Waals surface area (Å²) in [5.41, 5.74) is 4.38. The van der Waals surface area contributed by atoms with Crippen molar-refractivity contribution in [3.63, 3.8) is 0 Å². The van der Waals surface area contributed by atoms with Gasteiger partial charge in [0.2, 0.25) is 5.91 Å². The fraction of sp³-hybridized carbons (Fsp3) is 0.364. The van der Waals surface area contributed by atoms with Crippen LogP contribution in [0, 0.1) is 12.3 Å². The Bertz CT molecular complexity index is 966. The zero-order valence-electron chi connectivity index (χ0n) is 16.4. The number of pyridine rings is 1. The molecule has 146 valence electrons. The molecule has 0 bridgehead atoms. The Kier molecular flexibility index (Phi) is 5.15. The number of imidazole rings is 1. The van der Waals surface area contributed by atoms with Gasteiger partial charge in [0.15, 0.2) is 0 Å². The van der Waals surface area contributed by atoms with Gasteiger partial charge in [-0.2, -0.15) is 0 Å². The SMILES string of the molecule is COCC1(C(=O)Nc2ccc(-c3cn4cccc(C)c4n3)cc2)CCNCC1. The molecule has 2 aromatic heterocycles. The van der Waals surface area contributed by atoms with E-state index in [1.54, 1.807) is 7.11 Å².